The van der Waals surface area contributed by atoms with E-state index in [0.29, 0.717) is 18.5 Å². The molecule has 3 rings (SSSR count). The lowest BCUT2D eigenvalue weighted by Gasteiger charge is -2.06. The van der Waals surface area contributed by atoms with Gasteiger partial charge in [-0.1, -0.05) is 36.4 Å². The molecule has 1 amide bonds. The molecule has 0 aliphatic heterocycles. The molecule has 0 aliphatic rings. The molecule has 2 aromatic carbocycles. The van der Waals surface area contributed by atoms with Crippen LogP contribution in [0.3, 0.4) is 0 Å². The van der Waals surface area contributed by atoms with Gasteiger partial charge in [-0.15, -0.1) is 0 Å². The standard InChI is InChI=1S/C20H18FNO3/c21-17-7-5-16(6-8-17)18-10-12-25-19(18)20(24)22-11-9-14-1-3-15(13-23)4-2-14/h1-8,10,12,23H,9,11,13H2,(H,22,24). The van der Waals surface area contributed by atoms with Crippen LogP contribution in [0.2, 0.25) is 0 Å². The van der Waals surface area contributed by atoms with Gasteiger partial charge in [0.1, 0.15) is 5.82 Å². The van der Waals surface area contributed by atoms with E-state index in [1.165, 1.54) is 18.4 Å². The molecule has 0 spiro atoms. The van der Waals surface area contributed by atoms with Crippen LogP contribution in [0, 0.1) is 5.82 Å². The maximum Gasteiger partial charge on any atom is 0.287 e. The third-order valence-corrected chi connectivity index (χ3v) is 3.93. The molecule has 2 N–H and O–H groups in total. The van der Waals surface area contributed by atoms with E-state index in [1.807, 2.05) is 24.3 Å². The molecule has 0 aliphatic carbocycles. The summed E-state index contributed by atoms with van der Waals surface area (Å²) in [5, 5.41) is 11.9. The molecular weight excluding hydrogens is 321 g/mol. The second-order valence-electron chi connectivity index (χ2n) is 5.65. The molecule has 0 saturated carbocycles. The van der Waals surface area contributed by atoms with Crippen molar-refractivity contribution in [3.05, 3.63) is 83.6 Å². The Morgan fingerprint density at radius 3 is 2.36 bits per heavy atom. The average Bonchev–Trinajstić information content (AvgIpc) is 3.13. The first-order valence-corrected chi connectivity index (χ1v) is 7.97. The number of nitrogens with one attached hydrogen (secondary N) is 1. The Kier molecular flexibility index (Phi) is 5.26. The van der Waals surface area contributed by atoms with Gasteiger partial charge in [0.2, 0.25) is 0 Å². The van der Waals surface area contributed by atoms with Crippen LogP contribution in [0.1, 0.15) is 21.7 Å². The number of aliphatic hydroxyl groups excluding tert-OH is 1. The summed E-state index contributed by atoms with van der Waals surface area (Å²) < 4.78 is 18.4. The maximum atomic E-state index is 13.0. The fourth-order valence-corrected chi connectivity index (χ4v) is 2.55. The Hall–Kier alpha value is -2.92. The van der Waals surface area contributed by atoms with Crippen LogP contribution in [-0.2, 0) is 13.0 Å². The number of amides is 1. The second kappa shape index (κ2) is 7.77. The molecule has 1 aromatic heterocycles. The van der Waals surface area contributed by atoms with Gasteiger partial charge in [-0.2, -0.15) is 0 Å². The number of aliphatic hydroxyl groups is 1. The zero-order valence-corrected chi connectivity index (χ0v) is 13.5. The molecule has 0 bridgehead atoms. The third-order valence-electron chi connectivity index (χ3n) is 3.93. The molecule has 0 saturated heterocycles. The zero-order chi connectivity index (χ0) is 17.6. The second-order valence-corrected chi connectivity index (χ2v) is 5.65. The molecule has 1 heterocycles. The van der Waals surface area contributed by atoms with Crippen LogP contribution >= 0.6 is 0 Å². The third kappa shape index (κ3) is 4.14. The van der Waals surface area contributed by atoms with E-state index in [4.69, 9.17) is 9.52 Å². The number of carbonyl (C=O) groups excluding carboxylic acids is 1. The van der Waals surface area contributed by atoms with Gasteiger partial charge < -0.3 is 14.8 Å². The highest BCUT2D eigenvalue weighted by molar-refractivity contribution is 5.98. The highest BCUT2D eigenvalue weighted by Crippen LogP contribution is 2.25. The number of furan rings is 1. The minimum Gasteiger partial charge on any atom is -0.459 e. The summed E-state index contributed by atoms with van der Waals surface area (Å²) in [7, 11) is 0. The Morgan fingerprint density at radius 2 is 1.68 bits per heavy atom. The molecular formula is C20H18FNO3. The van der Waals surface area contributed by atoms with Crippen molar-refractivity contribution in [2.45, 2.75) is 13.0 Å². The van der Waals surface area contributed by atoms with Crippen molar-refractivity contribution in [3.8, 4) is 11.1 Å². The first kappa shape index (κ1) is 16.9. The number of rotatable bonds is 6. The Bertz CT molecular complexity index is 838. The average molecular weight is 339 g/mol. The van der Waals surface area contributed by atoms with Gasteiger partial charge in [0.05, 0.1) is 12.9 Å². The van der Waals surface area contributed by atoms with Gasteiger partial charge in [-0.3, -0.25) is 4.79 Å². The summed E-state index contributed by atoms with van der Waals surface area (Å²) in [6.45, 7) is 0.475. The van der Waals surface area contributed by atoms with E-state index in [2.05, 4.69) is 5.32 Å². The minimum atomic E-state index is -0.328. The van der Waals surface area contributed by atoms with E-state index in [-0.39, 0.29) is 24.1 Å². The number of carbonyl (C=O) groups is 1. The molecule has 4 nitrogen and oxygen atoms in total. The molecule has 0 atom stereocenters. The molecule has 3 aromatic rings. The van der Waals surface area contributed by atoms with Crippen molar-refractivity contribution in [1.29, 1.82) is 0 Å². The van der Waals surface area contributed by atoms with E-state index in [9.17, 15) is 9.18 Å². The minimum absolute atomic E-state index is 0.0155. The van der Waals surface area contributed by atoms with Crippen molar-refractivity contribution in [2.24, 2.45) is 0 Å². The van der Waals surface area contributed by atoms with Crippen molar-refractivity contribution in [2.75, 3.05) is 6.54 Å². The lowest BCUT2D eigenvalue weighted by atomic mass is 10.1. The van der Waals surface area contributed by atoms with Crippen molar-refractivity contribution < 1.29 is 18.7 Å². The van der Waals surface area contributed by atoms with Gasteiger partial charge in [-0.05, 0) is 41.3 Å². The van der Waals surface area contributed by atoms with Crippen molar-refractivity contribution >= 4 is 5.91 Å². The molecule has 0 fully saturated rings. The highest BCUT2D eigenvalue weighted by Gasteiger charge is 2.16. The number of halogens is 1. The predicted octanol–water partition coefficient (Wildman–Crippen LogP) is 3.55. The molecule has 0 unspecified atom stereocenters. The van der Waals surface area contributed by atoms with Gasteiger partial charge in [0, 0.05) is 12.1 Å². The normalized spacial score (nSPS) is 10.6. The van der Waals surface area contributed by atoms with Crippen molar-refractivity contribution in [1.82, 2.24) is 5.32 Å². The SMILES string of the molecule is O=C(NCCc1ccc(CO)cc1)c1occc1-c1ccc(F)cc1. The van der Waals surface area contributed by atoms with Crippen LogP contribution in [0.5, 0.6) is 0 Å². The fraction of sp³-hybridized carbons (Fsp3) is 0.150. The van der Waals surface area contributed by atoms with Crippen LogP contribution in [-0.4, -0.2) is 17.6 Å². The van der Waals surface area contributed by atoms with E-state index in [0.717, 1.165) is 16.7 Å². The Labute approximate surface area is 144 Å². The van der Waals surface area contributed by atoms with Gasteiger partial charge in [0.15, 0.2) is 5.76 Å². The summed E-state index contributed by atoms with van der Waals surface area (Å²) in [6.07, 6.45) is 2.12. The Morgan fingerprint density at radius 1 is 1.00 bits per heavy atom. The summed E-state index contributed by atoms with van der Waals surface area (Å²) in [4.78, 5) is 12.3. The lowest BCUT2D eigenvalue weighted by Crippen LogP contribution is -2.25. The number of benzene rings is 2. The van der Waals surface area contributed by atoms with Crippen LogP contribution < -0.4 is 5.32 Å². The first-order valence-electron chi connectivity index (χ1n) is 7.97. The van der Waals surface area contributed by atoms with Crippen molar-refractivity contribution in [3.63, 3.8) is 0 Å². The Balaban J connectivity index is 1.62. The van der Waals surface area contributed by atoms with E-state index < -0.39 is 0 Å². The fourth-order valence-electron chi connectivity index (χ4n) is 2.55. The highest BCUT2D eigenvalue weighted by atomic mass is 19.1. The monoisotopic (exact) mass is 339 g/mol. The van der Waals surface area contributed by atoms with Gasteiger partial charge in [-0.25, -0.2) is 4.39 Å². The number of hydrogen-bond donors (Lipinski definition) is 2. The topological polar surface area (TPSA) is 62.5 Å². The summed E-state index contributed by atoms with van der Waals surface area (Å²) in [6, 6.07) is 15.2. The molecule has 128 valence electrons. The lowest BCUT2D eigenvalue weighted by molar-refractivity contribution is 0.0927. The molecule has 5 heteroatoms. The summed E-state index contributed by atoms with van der Waals surface area (Å²) >= 11 is 0. The summed E-state index contributed by atoms with van der Waals surface area (Å²) in [5.41, 5.74) is 3.27. The smallest absolute Gasteiger partial charge is 0.287 e. The summed E-state index contributed by atoms with van der Waals surface area (Å²) in [5.74, 6) is -0.427. The molecule has 25 heavy (non-hydrogen) atoms. The van der Waals surface area contributed by atoms with Crippen LogP contribution in [0.15, 0.2) is 65.3 Å². The van der Waals surface area contributed by atoms with Gasteiger partial charge in [0.25, 0.3) is 5.91 Å². The van der Waals surface area contributed by atoms with Crippen LogP contribution in [0.25, 0.3) is 11.1 Å². The van der Waals surface area contributed by atoms with Gasteiger partial charge >= 0.3 is 0 Å². The zero-order valence-electron chi connectivity index (χ0n) is 13.5. The van der Waals surface area contributed by atoms with E-state index in [1.54, 1.807) is 18.2 Å². The molecule has 0 radical (unpaired) electrons. The first-order chi connectivity index (χ1) is 12.2. The van der Waals surface area contributed by atoms with E-state index >= 15 is 0 Å². The van der Waals surface area contributed by atoms with Crippen LogP contribution in [0.4, 0.5) is 4.39 Å². The number of hydrogen-bond acceptors (Lipinski definition) is 3. The largest absolute Gasteiger partial charge is 0.459 e. The quantitative estimate of drug-likeness (QED) is 0.722. The maximum absolute atomic E-state index is 13.0. The predicted molar refractivity (Wildman–Crippen MR) is 92.5 cm³/mol.